The number of rotatable bonds is 8. The summed E-state index contributed by atoms with van der Waals surface area (Å²) < 4.78 is 74.1. The van der Waals surface area contributed by atoms with Gasteiger partial charge in [-0.25, -0.2) is 9.37 Å². The van der Waals surface area contributed by atoms with E-state index in [1.807, 2.05) is 0 Å². The van der Waals surface area contributed by atoms with Crippen LogP contribution < -0.4 is 25.3 Å². The summed E-state index contributed by atoms with van der Waals surface area (Å²) in [5, 5.41) is 13.6. The first-order valence-corrected chi connectivity index (χ1v) is 13.4. The number of nitrogens with one attached hydrogen (secondary N) is 1. The van der Waals surface area contributed by atoms with Gasteiger partial charge in [0.1, 0.15) is 40.5 Å². The second-order valence-corrected chi connectivity index (χ2v) is 11.0. The molecule has 3 heterocycles. The topological polar surface area (TPSA) is 146 Å². The van der Waals surface area contributed by atoms with E-state index in [9.17, 15) is 32.3 Å². The monoisotopic (exact) mass is 620 g/mol. The summed E-state index contributed by atoms with van der Waals surface area (Å²) in [7, 11) is 2.74. The number of methoxy groups -OCH3 is 2. The van der Waals surface area contributed by atoms with Crippen molar-refractivity contribution in [2.75, 3.05) is 27.4 Å². The van der Waals surface area contributed by atoms with Gasteiger partial charge >= 0.3 is 6.18 Å². The highest BCUT2D eigenvalue weighted by Crippen LogP contribution is 2.47. The van der Waals surface area contributed by atoms with E-state index in [4.69, 9.17) is 19.9 Å². The molecule has 15 heteroatoms. The molecule has 2 atom stereocenters. The van der Waals surface area contributed by atoms with Crippen LogP contribution in [0.25, 0.3) is 21.5 Å². The molecule has 226 valence electrons. The molecule has 0 saturated carbocycles. The van der Waals surface area contributed by atoms with Crippen LogP contribution in [0.15, 0.2) is 42.5 Å². The molecule has 1 aliphatic rings. The van der Waals surface area contributed by atoms with Gasteiger partial charge in [-0.1, -0.05) is 11.3 Å². The summed E-state index contributed by atoms with van der Waals surface area (Å²) in [6.07, 6.45) is -5.36. The number of thiazole rings is 1. The van der Waals surface area contributed by atoms with Crippen molar-refractivity contribution in [2.45, 2.75) is 24.1 Å². The number of aromatic nitrogens is 2. The highest BCUT2D eigenvalue weighted by atomic mass is 32.1. The largest absolute Gasteiger partial charge is 0.494 e. The molecule has 4 N–H and O–H groups in total. The number of pyridine rings is 1. The average Bonchev–Trinajstić information content (AvgIpc) is 3.56. The number of alkyl halides is 3. The van der Waals surface area contributed by atoms with Crippen LogP contribution in [-0.2, 0) is 15.8 Å². The van der Waals surface area contributed by atoms with Crippen LogP contribution in [0.5, 0.6) is 16.7 Å². The van der Waals surface area contributed by atoms with Gasteiger partial charge in [0, 0.05) is 16.7 Å². The molecule has 0 aliphatic carbocycles. The molecule has 0 spiro atoms. The number of ether oxygens (including phenoxy) is 3. The Morgan fingerprint density at radius 3 is 2.44 bits per heavy atom. The quantitative estimate of drug-likeness (QED) is 0.252. The molecule has 4 aromatic rings. The van der Waals surface area contributed by atoms with Crippen molar-refractivity contribution in [3.05, 3.63) is 65.1 Å². The van der Waals surface area contributed by atoms with Crippen LogP contribution in [0.3, 0.4) is 0 Å². The first-order valence-electron chi connectivity index (χ1n) is 12.6. The van der Waals surface area contributed by atoms with Crippen LogP contribution >= 0.6 is 11.3 Å². The van der Waals surface area contributed by atoms with Crippen molar-refractivity contribution in [1.82, 2.24) is 15.3 Å². The summed E-state index contributed by atoms with van der Waals surface area (Å²) in [5.74, 6) is -2.31. The third-order valence-corrected chi connectivity index (χ3v) is 8.19. The summed E-state index contributed by atoms with van der Waals surface area (Å²) in [6, 6.07) is 8.24. The molecule has 5 rings (SSSR count). The maximum absolute atomic E-state index is 14.6. The zero-order valence-electron chi connectivity index (χ0n) is 22.8. The lowest BCUT2D eigenvalue weighted by Gasteiger charge is -2.31. The minimum absolute atomic E-state index is 0.0365. The van der Waals surface area contributed by atoms with Crippen LogP contribution in [0.2, 0.25) is 0 Å². The Labute approximate surface area is 245 Å². The molecule has 10 nitrogen and oxygen atoms in total. The molecule has 1 unspecified atom stereocenters. The fraction of sp³-hybridized carbons (Fsp3) is 0.286. The van der Waals surface area contributed by atoms with Crippen molar-refractivity contribution < 1.29 is 46.5 Å². The minimum atomic E-state index is -5.36. The SMILES string of the molecule is COc1nc2c(OC)cc(C(=O)NCC(O)(c3cc4c(c(-c5ccc(F)cc5)n3)OC[C@]4(C)C(N)=O)C(F)(F)F)cc2s1. The fourth-order valence-electron chi connectivity index (χ4n) is 4.60. The molecular formula is C28H24F4N4O6S. The predicted octanol–water partition coefficient (Wildman–Crippen LogP) is 3.83. The number of fused-ring (bicyclic) bond motifs is 2. The van der Waals surface area contributed by atoms with E-state index in [0.717, 1.165) is 29.5 Å². The predicted molar refractivity (Wildman–Crippen MR) is 147 cm³/mol. The number of primary amides is 1. The maximum Gasteiger partial charge on any atom is 0.424 e. The van der Waals surface area contributed by atoms with Crippen molar-refractivity contribution in [3.8, 4) is 28.0 Å². The summed E-state index contributed by atoms with van der Waals surface area (Å²) in [6.45, 7) is -0.277. The zero-order chi connectivity index (χ0) is 31.3. The Kier molecular flexibility index (Phi) is 7.42. The summed E-state index contributed by atoms with van der Waals surface area (Å²) in [4.78, 5) is 33.8. The third kappa shape index (κ3) is 5.07. The number of carbonyl (C=O) groups is 2. The first-order chi connectivity index (χ1) is 20.2. The Morgan fingerprint density at radius 1 is 1.14 bits per heavy atom. The Balaban J connectivity index is 1.58. The minimum Gasteiger partial charge on any atom is -0.494 e. The van der Waals surface area contributed by atoms with E-state index in [1.54, 1.807) is 0 Å². The van der Waals surface area contributed by atoms with Crippen molar-refractivity contribution in [2.24, 2.45) is 5.73 Å². The number of amides is 2. The van der Waals surface area contributed by atoms with Crippen LogP contribution in [0.4, 0.5) is 17.6 Å². The molecular weight excluding hydrogens is 596 g/mol. The number of hydrogen-bond donors (Lipinski definition) is 3. The van der Waals surface area contributed by atoms with Crippen LogP contribution in [-0.4, -0.2) is 60.4 Å². The van der Waals surface area contributed by atoms with E-state index >= 15 is 0 Å². The second kappa shape index (κ2) is 10.6. The number of hydrogen-bond acceptors (Lipinski definition) is 9. The molecule has 0 bridgehead atoms. The number of nitrogens with two attached hydrogens (primary N) is 1. The molecule has 2 aromatic carbocycles. The van der Waals surface area contributed by atoms with E-state index in [1.165, 1.54) is 45.4 Å². The first kappa shape index (κ1) is 30.0. The summed E-state index contributed by atoms with van der Waals surface area (Å²) >= 11 is 1.09. The van der Waals surface area contributed by atoms with Gasteiger partial charge in [0.2, 0.25) is 11.5 Å². The van der Waals surface area contributed by atoms with Crippen LogP contribution in [0.1, 0.15) is 28.5 Å². The van der Waals surface area contributed by atoms with Crippen molar-refractivity contribution >= 4 is 33.4 Å². The normalized spacial score (nSPS) is 17.6. The van der Waals surface area contributed by atoms with Gasteiger partial charge in [0.05, 0.1) is 31.2 Å². The molecule has 2 aromatic heterocycles. The van der Waals surface area contributed by atoms with Gasteiger partial charge in [-0.3, -0.25) is 9.59 Å². The molecule has 0 saturated heterocycles. The molecule has 2 amide bonds. The fourth-order valence-corrected chi connectivity index (χ4v) is 5.44. The van der Waals surface area contributed by atoms with E-state index in [2.05, 4.69) is 15.3 Å². The van der Waals surface area contributed by atoms with Crippen molar-refractivity contribution in [3.63, 3.8) is 0 Å². The number of nitrogens with zero attached hydrogens (tertiary/aromatic N) is 2. The zero-order valence-corrected chi connectivity index (χ0v) is 23.7. The summed E-state index contributed by atoms with van der Waals surface area (Å²) in [5.41, 5.74) is -0.408. The second-order valence-electron chi connectivity index (χ2n) is 9.97. The van der Waals surface area contributed by atoms with E-state index < -0.39 is 47.1 Å². The standard InChI is InChI=1S/C28H24F4N4O6S/c1-26(24(33)38)12-42-22-16(26)10-19(35-20(22)13-4-6-15(29)7-5-13)27(39,28(30,31)32)11-34-23(37)14-8-17(40-2)21-18(9-14)43-25(36-21)41-3/h4-10,39H,11-12H2,1-3H3,(H2,33,38)(H,34,37)/t26-,27?/m0/s1. The molecule has 43 heavy (non-hydrogen) atoms. The Bertz CT molecular complexity index is 1750. The highest BCUT2D eigenvalue weighted by molar-refractivity contribution is 7.20. The van der Waals surface area contributed by atoms with Gasteiger partial charge in [-0.15, -0.1) is 0 Å². The lowest BCUT2D eigenvalue weighted by molar-refractivity contribution is -0.265. The van der Waals surface area contributed by atoms with E-state index in [-0.39, 0.29) is 45.7 Å². The number of benzene rings is 2. The number of carbonyl (C=O) groups excluding carboxylic acids is 2. The molecule has 0 fully saturated rings. The molecule has 1 aliphatic heterocycles. The van der Waals surface area contributed by atoms with Gasteiger partial charge in [-0.05, 0) is 49.4 Å². The maximum atomic E-state index is 14.6. The van der Waals surface area contributed by atoms with Gasteiger partial charge in [0.15, 0.2) is 0 Å². The van der Waals surface area contributed by atoms with Gasteiger partial charge < -0.3 is 30.4 Å². The highest BCUT2D eigenvalue weighted by Gasteiger charge is 2.57. The Hall–Kier alpha value is -4.50. The molecule has 0 radical (unpaired) electrons. The lowest BCUT2D eigenvalue weighted by atomic mass is 9.81. The van der Waals surface area contributed by atoms with Gasteiger partial charge in [0.25, 0.3) is 11.1 Å². The smallest absolute Gasteiger partial charge is 0.424 e. The average molecular weight is 621 g/mol. The number of halogens is 4. The third-order valence-electron chi connectivity index (χ3n) is 7.23. The van der Waals surface area contributed by atoms with Crippen LogP contribution in [0, 0.1) is 5.82 Å². The van der Waals surface area contributed by atoms with E-state index in [0.29, 0.717) is 10.2 Å². The Morgan fingerprint density at radius 2 is 1.84 bits per heavy atom. The lowest BCUT2D eigenvalue weighted by Crippen LogP contribution is -2.51. The van der Waals surface area contributed by atoms with Crippen molar-refractivity contribution in [1.29, 1.82) is 0 Å². The number of aliphatic hydroxyl groups is 1. The van der Waals surface area contributed by atoms with Gasteiger partial charge in [-0.2, -0.15) is 18.2 Å².